The van der Waals surface area contributed by atoms with E-state index in [9.17, 15) is 9.59 Å². The number of likely N-dealkylation sites (tertiary alicyclic amines) is 1. The Morgan fingerprint density at radius 1 is 1.48 bits per heavy atom. The van der Waals surface area contributed by atoms with Crippen molar-refractivity contribution in [1.82, 2.24) is 15.2 Å². The van der Waals surface area contributed by atoms with Gasteiger partial charge in [0.1, 0.15) is 0 Å². The Labute approximate surface area is 129 Å². The van der Waals surface area contributed by atoms with Gasteiger partial charge in [0.15, 0.2) is 0 Å². The fraction of sp³-hybridized carbons (Fsp3) is 0.667. The van der Waals surface area contributed by atoms with Gasteiger partial charge in [-0.3, -0.25) is 9.59 Å². The number of nitrogens with one attached hydrogen (secondary N) is 1. The summed E-state index contributed by atoms with van der Waals surface area (Å²) in [7, 11) is 0. The van der Waals surface area contributed by atoms with E-state index in [-0.39, 0.29) is 17.7 Å². The van der Waals surface area contributed by atoms with Gasteiger partial charge >= 0.3 is 0 Å². The molecule has 1 aromatic heterocycles. The summed E-state index contributed by atoms with van der Waals surface area (Å²) in [6.07, 6.45) is 2.13. The summed E-state index contributed by atoms with van der Waals surface area (Å²) >= 11 is 1.73. The number of thiazole rings is 1. The van der Waals surface area contributed by atoms with Crippen LogP contribution in [0, 0.1) is 19.8 Å². The van der Waals surface area contributed by atoms with Gasteiger partial charge in [-0.2, -0.15) is 0 Å². The molecule has 1 aliphatic rings. The Balaban J connectivity index is 1.69. The quantitative estimate of drug-likeness (QED) is 0.813. The van der Waals surface area contributed by atoms with Crippen LogP contribution in [0.5, 0.6) is 0 Å². The highest BCUT2D eigenvalue weighted by atomic mass is 32.1. The second-order valence-electron chi connectivity index (χ2n) is 5.48. The number of nitrogens with zero attached hydrogens (tertiary/aromatic N) is 2. The zero-order chi connectivity index (χ0) is 15.4. The molecule has 1 aromatic rings. The number of rotatable bonds is 6. The van der Waals surface area contributed by atoms with Gasteiger partial charge in [-0.1, -0.05) is 0 Å². The molecule has 2 rings (SSSR count). The first-order valence-corrected chi connectivity index (χ1v) is 8.31. The number of hydrogen-bond donors (Lipinski definition) is 1. The third-order valence-corrected chi connectivity index (χ3v) is 5.04. The second kappa shape index (κ2) is 7.02. The Bertz CT molecular complexity index is 507. The summed E-state index contributed by atoms with van der Waals surface area (Å²) < 4.78 is 0. The molecule has 0 bridgehead atoms. The molecule has 116 valence electrons. The van der Waals surface area contributed by atoms with Crippen LogP contribution in [0.2, 0.25) is 0 Å². The number of carbonyl (C=O) groups excluding carboxylic acids is 2. The van der Waals surface area contributed by atoms with E-state index in [1.807, 2.05) is 13.8 Å². The van der Waals surface area contributed by atoms with Crippen molar-refractivity contribution in [1.29, 1.82) is 0 Å². The lowest BCUT2D eigenvalue weighted by atomic mass is 10.1. The lowest BCUT2D eigenvalue weighted by molar-refractivity contribution is -0.128. The number of hydrogen-bond acceptors (Lipinski definition) is 4. The third kappa shape index (κ3) is 4.03. The molecule has 1 fully saturated rings. The van der Waals surface area contributed by atoms with Gasteiger partial charge in [-0.25, -0.2) is 4.98 Å². The first-order chi connectivity index (χ1) is 10.0. The van der Waals surface area contributed by atoms with Gasteiger partial charge in [0.05, 0.1) is 16.6 Å². The molecule has 6 heteroatoms. The normalized spacial score (nSPS) is 18.3. The number of carbonyl (C=O) groups is 2. The summed E-state index contributed by atoms with van der Waals surface area (Å²) in [4.78, 5) is 31.1. The summed E-state index contributed by atoms with van der Waals surface area (Å²) in [6.45, 7) is 7.93. The summed E-state index contributed by atoms with van der Waals surface area (Å²) in [5.74, 6) is -0.0843. The number of aromatic nitrogens is 1. The maximum absolute atomic E-state index is 12.0. The molecule has 5 nitrogen and oxygen atoms in total. The standard InChI is InChI=1S/C15H23N3O2S/c1-4-18-9-12(8-14(18)19)15(20)16-7-5-6-13-17-10(2)11(3)21-13/h12H,4-9H2,1-3H3,(H,16,20)/t12-/m0/s1. The maximum Gasteiger partial charge on any atom is 0.225 e. The highest BCUT2D eigenvalue weighted by molar-refractivity contribution is 7.11. The van der Waals surface area contributed by atoms with Crippen molar-refractivity contribution in [2.24, 2.45) is 5.92 Å². The monoisotopic (exact) mass is 309 g/mol. The highest BCUT2D eigenvalue weighted by Gasteiger charge is 2.32. The van der Waals surface area contributed by atoms with Gasteiger partial charge in [0.2, 0.25) is 11.8 Å². The lowest BCUT2D eigenvalue weighted by Gasteiger charge is -2.13. The fourth-order valence-corrected chi connectivity index (χ4v) is 3.47. The van der Waals surface area contributed by atoms with Gasteiger partial charge in [0.25, 0.3) is 0 Å². The van der Waals surface area contributed by atoms with Crippen LogP contribution >= 0.6 is 11.3 Å². The molecular weight excluding hydrogens is 286 g/mol. The molecule has 1 saturated heterocycles. The van der Waals surface area contributed by atoms with Gasteiger partial charge < -0.3 is 10.2 Å². The molecule has 0 aliphatic carbocycles. The molecule has 1 atom stereocenters. The minimum atomic E-state index is -0.179. The topological polar surface area (TPSA) is 62.3 Å². The van der Waals surface area contributed by atoms with Crippen LogP contribution in [-0.2, 0) is 16.0 Å². The molecule has 21 heavy (non-hydrogen) atoms. The van der Waals surface area contributed by atoms with Crippen molar-refractivity contribution in [2.45, 2.75) is 40.0 Å². The second-order valence-corrected chi connectivity index (χ2v) is 6.76. The average molecular weight is 309 g/mol. The van der Waals surface area contributed by atoms with Crippen molar-refractivity contribution in [3.05, 3.63) is 15.6 Å². The predicted molar refractivity (Wildman–Crippen MR) is 83.3 cm³/mol. The average Bonchev–Trinajstić information content (AvgIpc) is 2.98. The number of amides is 2. The van der Waals surface area contributed by atoms with Crippen molar-refractivity contribution in [3.8, 4) is 0 Å². The van der Waals surface area contributed by atoms with Crippen LogP contribution in [-0.4, -0.2) is 41.3 Å². The Kier molecular flexibility index (Phi) is 5.33. The van der Waals surface area contributed by atoms with E-state index in [2.05, 4.69) is 17.2 Å². The largest absolute Gasteiger partial charge is 0.356 e. The van der Waals surface area contributed by atoms with E-state index in [0.29, 0.717) is 26.1 Å². The van der Waals surface area contributed by atoms with Crippen LogP contribution in [0.4, 0.5) is 0 Å². The molecule has 1 N–H and O–H groups in total. The van der Waals surface area contributed by atoms with Crippen LogP contribution in [0.15, 0.2) is 0 Å². The molecule has 0 spiro atoms. The van der Waals surface area contributed by atoms with Crippen LogP contribution in [0.25, 0.3) is 0 Å². The van der Waals surface area contributed by atoms with E-state index in [4.69, 9.17) is 0 Å². The smallest absolute Gasteiger partial charge is 0.225 e. The van der Waals surface area contributed by atoms with E-state index < -0.39 is 0 Å². The first-order valence-electron chi connectivity index (χ1n) is 7.49. The van der Waals surface area contributed by atoms with Crippen molar-refractivity contribution in [2.75, 3.05) is 19.6 Å². The molecular formula is C15H23N3O2S. The molecule has 0 saturated carbocycles. The lowest BCUT2D eigenvalue weighted by Crippen LogP contribution is -2.33. The maximum atomic E-state index is 12.0. The molecule has 0 radical (unpaired) electrons. The van der Waals surface area contributed by atoms with E-state index >= 15 is 0 Å². The minimum Gasteiger partial charge on any atom is -0.356 e. The van der Waals surface area contributed by atoms with Crippen LogP contribution in [0.1, 0.15) is 35.3 Å². The molecule has 2 heterocycles. The van der Waals surface area contributed by atoms with Gasteiger partial charge in [0, 0.05) is 37.4 Å². The summed E-state index contributed by atoms with van der Waals surface area (Å²) in [5.41, 5.74) is 1.10. The van der Waals surface area contributed by atoms with Crippen molar-refractivity contribution >= 4 is 23.2 Å². The summed E-state index contributed by atoms with van der Waals surface area (Å²) in [5, 5.41) is 4.07. The molecule has 0 unspecified atom stereocenters. The zero-order valence-corrected chi connectivity index (χ0v) is 13.8. The van der Waals surface area contributed by atoms with E-state index in [1.54, 1.807) is 16.2 Å². The SMILES string of the molecule is CCN1C[C@@H](C(=O)NCCCc2nc(C)c(C)s2)CC1=O. The molecule has 1 aliphatic heterocycles. The van der Waals surface area contributed by atoms with Crippen LogP contribution in [0.3, 0.4) is 0 Å². The van der Waals surface area contributed by atoms with Crippen molar-refractivity contribution in [3.63, 3.8) is 0 Å². The van der Waals surface area contributed by atoms with E-state index in [0.717, 1.165) is 23.5 Å². The van der Waals surface area contributed by atoms with Crippen LogP contribution < -0.4 is 5.32 Å². The minimum absolute atomic E-state index is 0.00537. The van der Waals surface area contributed by atoms with E-state index in [1.165, 1.54) is 4.88 Å². The van der Waals surface area contributed by atoms with Crippen molar-refractivity contribution < 1.29 is 9.59 Å². The fourth-order valence-electron chi connectivity index (χ4n) is 2.49. The first kappa shape index (κ1) is 15.9. The predicted octanol–water partition coefficient (Wildman–Crippen LogP) is 1.68. The molecule has 0 aromatic carbocycles. The van der Waals surface area contributed by atoms with Gasteiger partial charge in [-0.05, 0) is 27.2 Å². The Hall–Kier alpha value is -1.43. The number of aryl methyl sites for hydroxylation is 3. The Morgan fingerprint density at radius 3 is 2.81 bits per heavy atom. The van der Waals surface area contributed by atoms with Gasteiger partial charge in [-0.15, -0.1) is 11.3 Å². The Morgan fingerprint density at radius 2 is 2.24 bits per heavy atom. The molecule has 2 amide bonds. The highest BCUT2D eigenvalue weighted by Crippen LogP contribution is 2.18. The third-order valence-electron chi connectivity index (χ3n) is 3.91. The summed E-state index contributed by atoms with van der Waals surface area (Å²) in [6, 6.07) is 0. The zero-order valence-electron chi connectivity index (χ0n) is 12.9.